The number of carboxylic acid groups (broad SMARTS) is 1. The highest BCUT2D eigenvalue weighted by atomic mass is 19.1. The number of benzene rings is 1. The Morgan fingerprint density at radius 1 is 1.12 bits per heavy atom. The third kappa shape index (κ3) is 5.19. The first-order valence-corrected chi connectivity index (χ1v) is 13.6. The van der Waals surface area contributed by atoms with E-state index in [1.54, 1.807) is 15.5 Å². The van der Waals surface area contributed by atoms with Crippen LogP contribution in [0.5, 0.6) is 0 Å². The number of ether oxygens (including phenoxy) is 1. The standard InChI is InChI=1S/C28H28F2N6O6/c1-14(37)31-10-18-12-36(28(41)42-18)17-4-5-23(21(29)8-17)32-15-6-7-34(11-15)26-22(30)9-19-24(38)20(27(39)40)13-35(16-2-3-16)25(19)33-26/h4-5,8-9,13,15-16,18,32H,2-3,6-7,10-12H2,1H3,(H,31,37)(H,39,40)/t15-,18?/m1/s1. The summed E-state index contributed by atoms with van der Waals surface area (Å²) in [6.45, 7) is 2.41. The summed E-state index contributed by atoms with van der Waals surface area (Å²) in [4.78, 5) is 55.2. The van der Waals surface area contributed by atoms with E-state index in [4.69, 9.17) is 4.74 Å². The van der Waals surface area contributed by atoms with Gasteiger partial charge < -0.3 is 29.9 Å². The van der Waals surface area contributed by atoms with Crippen molar-refractivity contribution < 1.29 is 33.0 Å². The van der Waals surface area contributed by atoms with Crippen LogP contribution in [-0.4, -0.2) is 71.0 Å². The van der Waals surface area contributed by atoms with Crippen molar-refractivity contribution in [3.8, 4) is 0 Å². The first-order valence-electron chi connectivity index (χ1n) is 13.6. The molecule has 3 N–H and O–H groups in total. The average molecular weight is 583 g/mol. The van der Waals surface area contributed by atoms with Gasteiger partial charge in [0.2, 0.25) is 11.3 Å². The van der Waals surface area contributed by atoms with Crippen LogP contribution in [-0.2, 0) is 9.53 Å². The number of carboxylic acids is 1. The van der Waals surface area contributed by atoms with Crippen LogP contribution in [0.4, 0.5) is 30.8 Å². The maximum absolute atomic E-state index is 15.2. The summed E-state index contributed by atoms with van der Waals surface area (Å²) in [7, 11) is 0. The van der Waals surface area contributed by atoms with E-state index in [0.29, 0.717) is 25.2 Å². The van der Waals surface area contributed by atoms with E-state index < -0.39 is 40.8 Å². The molecule has 1 unspecified atom stereocenters. The fourth-order valence-electron chi connectivity index (χ4n) is 5.42. The van der Waals surface area contributed by atoms with Crippen molar-refractivity contribution >= 4 is 46.2 Å². The lowest BCUT2D eigenvalue weighted by Gasteiger charge is -2.21. The highest BCUT2D eigenvalue weighted by Crippen LogP contribution is 2.37. The highest BCUT2D eigenvalue weighted by molar-refractivity contribution is 5.92. The third-order valence-electron chi connectivity index (χ3n) is 7.67. The van der Waals surface area contributed by atoms with Crippen LogP contribution in [0.15, 0.2) is 35.3 Å². The average Bonchev–Trinajstić information content (AvgIpc) is 3.56. The van der Waals surface area contributed by atoms with Crippen molar-refractivity contribution in [2.75, 3.05) is 41.3 Å². The van der Waals surface area contributed by atoms with E-state index in [9.17, 15) is 24.3 Å². The molecule has 2 saturated heterocycles. The molecule has 3 aliphatic rings. The third-order valence-corrected chi connectivity index (χ3v) is 7.67. The molecule has 2 aromatic heterocycles. The Balaban J connectivity index is 1.17. The van der Waals surface area contributed by atoms with Gasteiger partial charge in [0.05, 0.1) is 29.9 Å². The fourth-order valence-corrected chi connectivity index (χ4v) is 5.42. The molecule has 0 radical (unpaired) electrons. The number of cyclic esters (lactones) is 1. The zero-order chi connectivity index (χ0) is 29.7. The quantitative estimate of drug-likeness (QED) is 0.365. The molecule has 6 rings (SSSR count). The van der Waals surface area contributed by atoms with Gasteiger partial charge in [-0.05, 0) is 43.5 Å². The van der Waals surface area contributed by atoms with Gasteiger partial charge in [-0.3, -0.25) is 14.5 Å². The number of aromatic carboxylic acids is 1. The molecule has 0 bridgehead atoms. The van der Waals surface area contributed by atoms with Crippen molar-refractivity contribution in [1.29, 1.82) is 0 Å². The summed E-state index contributed by atoms with van der Waals surface area (Å²) in [6.07, 6.45) is 2.27. The number of aromatic nitrogens is 2. The molecule has 0 spiro atoms. The van der Waals surface area contributed by atoms with E-state index in [-0.39, 0.29) is 53.6 Å². The number of pyridine rings is 2. The largest absolute Gasteiger partial charge is 0.477 e. The smallest absolute Gasteiger partial charge is 0.414 e. The molecule has 1 aliphatic carbocycles. The van der Waals surface area contributed by atoms with Gasteiger partial charge in [0.1, 0.15) is 23.1 Å². The second-order valence-corrected chi connectivity index (χ2v) is 10.8. The molecule has 14 heteroatoms. The zero-order valence-corrected chi connectivity index (χ0v) is 22.6. The van der Waals surface area contributed by atoms with Crippen molar-refractivity contribution in [2.24, 2.45) is 0 Å². The number of rotatable bonds is 8. The maximum atomic E-state index is 15.2. The van der Waals surface area contributed by atoms with E-state index in [2.05, 4.69) is 15.6 Å². The topological polar surface area (TPSA) is 146 Å². The number of hydrogen-bond donors (Lipinski definition) is 3. The van der Waals surface area contributed by atoms with Gasteiger partial charge in [0.25, 0.3) is 0 Å². The number of carbonyl (C=O) groups is 3. The predicted molar refractivity (Wildman–Crippen MR) is 148 cm³/mol. The first kappa shape index (κ1) is 27.4. The molecule has 3 aromatic rings. The molecule has 2 amide bonds. The summed E-state index contributed by atoms with van der Waals surface area (Å²) >= 11 is 0. The first-order chi connectivity index (χ1) is 20.1. The van der Waals surface area contributed by atoms with Gasteiger partial charge in [0, 0.05) is 38.3 Å². The number of nitrogens with zero attached hydrogens (tertiary/aromatic N) is 4. The Hall–Kier alpha value is -4.75. The van der Waals surface area contributed by atoms with Gasteiger partial charge in [-0.1, -0.05) is 0 Å². The Kier molecular flexibility index (Phi) is 6.91. The van der Waals surface area contributed by atoms with E-state index in [1.807, 2.05) is 0 Å². The van der Waals surface area contributed by atoms with Crippen LogP contribution in [0.2, 0.25) is 0 Å². The van der Waals surface area contributed by atoms with E-state index in [1.165, 1.54) is 30.2 Å². The number of amides is 2. The SMILES string of the molecule is CC(=O)NCC1CN(c2ccc(N[C@@H]3CCN(c4nc5c(cc4F)c(=O)c(C(=O)O)cn5C4CC4)C3)c(F)c2)C(=O)O1. The number of nitrogens with one attached hydrogen (secondary N) is 2. The number of hydrogen-bond acceptors (Lipinski definition) is 8. The van der Waals surface area contributed by atoms with Gasteiger partial charge in [-0.15, -0.1) is 0 Å². The molecule has 1 saturated carbocycles. The Morgan fingerprint density at radius 3 is 2.60 bits per heavy atom. The van der Waals surface area contributed by atoms with Crippen LogP contribution in [0.1, 0.15) is 42.6 Å². The van der Waals surface area contributed by atoms with E-state index >= 15 is 8.78 Å². The minimum Gasteiger partial charge on any atom is -0.477 e. The second kappa shape index (κ2) is 10.6. The summed E-state index contributed by atoms with van der Waals surface area (Å²) in [5.41, 5.74) is -0.437. The number of anilines is 3. The van der Waals surface area contributed by atoms with Crippen molar-refractivity contribution in [2.45, 2.75) is 44.4 Å². The van der Waals surface area contributed by atoms with Gasteiger partial charge in [-0.25, -0.2) is 23.4 Å². The summed E-state index contributed by atoms with van der Waals surface area (Å²) in [5, 5.41) is 15.1. The van der Waals surface area contributed by atoms with Crippen molar-refractivity contribution in [1.82, 2.24) is 14.9 Å². The molecular weight excluding hydrogens is 554 g/mol. The molecule has 2 aliphatic heterocycles. The lowest BCUT2D eigenvalue weighted by molar-refractivity contribution is -0.119. The fraction of sp³-hybridized carbons (Fsp3) is 0.393. The van der Waals surface area contributed by atoms with Gasteiger partial charge in [-0.2, -0.15) is 0 Å². The maximum Gasteiger partial charge on any atom is 0.414 e. The van der Waals surface area contributed by atoms with Crippen molar-refractivity contribution in [3.63, 3.8) is 0 Å². The molecular formula is C28H28F2N6O6. The van der Waals surface area contributed by atoms with E-state index in [0.717, 1.165) is 18.9 Å². The molecule has 220 valence electrons. The normalized spacial score (nSPS) is 20.2. The Morgan fingerprint density at radius 2 is 1.90 bits per heavy atom. The van der Waals surface area contributed by atoms with Crippen LogP contribution in [0, 0.1) is 11.6 Å². The Bertz CT molecular complexity index is 1670. The van der Waals surface area contributed by atoms with Crippen LogP contribution in [0.25, 0.3) is 11.0 Å². The predicted octanol–water partition coefficient (Wildman–Crippen LogP) is 2.86. The summed E-state index contributed by atoms with van der Waals surface area (Å²) in [5.74, 6) is -2.90. The molecule has 42 heavy (non-hydrogen) atoms. The summed E-state index contributed by atoms with van der Waals surface area (Å²) < 4.78 is 37.2. The zero-order valence-electron chi connectivity index (χ0n) is 22.6. The Labute approximate surface area is 237 Å². The molecule has 4 heterocycles. The van der Waals surface area contributed by atoms with Crippen LogP contribution < -0.4 is 25.9 Å². The summed E-state index contributed by atoms with van der Waals surface area (Å²) in [6, 6.07) is 5.14. The number of fused-ring (bicyclic) bond motifs is 1. The van der Waals surface area contributed by atoms with Crippen LogP contribution >= 0.6 is 0 Å². The molecule has 2 atom stereocenters. The van der Waals surface area contributed by atoms with Crippen LogP contribution in [0.3, 0.4) is 0 Å². The lowest BCUT2D eigenvalue weighted by atomic mass is 10.2. The second-order valence-electron chi connectivity index (χ2n) is 10.8. The number of halogens is 2. The lowest BCUT2D eigenvalue weighted by Crippen LogP contribution is -2.33. The van der Waals surface area contributed by atoms with Gasteiger partial charge >= 0.3 is 12.1 Å². The van der Waals surface area contributed by atoms with Crippen molar-refractivity contribution in [3.05, 3.63) is 57.9 Å². The molecule has 12 nitrogen and oxygen atoms in total. The molecule has 3 fully saturated rings. The molecule has 1 aromatic carbocycles. The highest BCUT2D eigenvalue weighted by Gasteiger charge is 2.34. The number of carbonyl (C=O) groups excluding carboxylic acids is 2. The monoisotopic (exact) mass is 582 g/mol. The minimum atomic E-state index is -1.37. The minimum absolute atomic E-state index is 0.00135. The van der Waals surface area contributed by atoms with Gasteiger partial charge in [0.15, 0.2) is 11.6 Å².